The van der Waals surface area contributed by atoms with Crippen LogP contribution in [-0.2, 0) is 19.8 Å². The van der Waals surface area contributed by atoms with Gasteiger partial charge in [-0.2, -0.15) is 5.10 Å². The number of rotatable bonds is 5. The van der Waals surface area contributed by atoms with Crippen LogP contribution in [0.3, 0.4) is 0 Å². The van der Waals surface area contributed by atoms with Gasteiger partial charge >= 0.3 is 0 Å². The monoisotopic (exact) mass is 251 g/mol. The summed E-state index contributed by atoms with van der Waals surface area (Å²) in [5.74, 6) is 0.735. The number of aromatic nitrogens is 3. The van der Waals surface area contributed by atoms with Gasteiger partial charge in [-0.3, -0.25) is 0 Å². The first-order valence-corrected chi connectivity index (χ1v) is 5.63. The Balaban J connectivity index is 2.10. The van der Waals surface area contributed by atoms with Gasteiger partial charge in [0.25, 0.3) is 0 Å². The standard InChI is InChI=1S/C12H14FN3O2/c1-2-16-12(14-8-15-16)7-18-11-4-3-10(13)5-9(11)6-17/h3-5,8,17H,2,6-7H2,1H3. The SMILES string of the molecule is CCn1ncnc1COc1ccc(F)cc1CO. The molecule has 0 saturated heterocycles. The van der Waals surface area contributed by atoms with E-state index in [-0.39, 0.29) is 13.2 Å². The van der Waals surface area contributed by atoms with Crippen molar-refractivity contribution >= 4 is 0 Å². The number of aliphatic hydroxyl groups is 1. The molecular weight excluding hydrogens is 237 g/mol. The summed E-state index contributed by atoms with van der Waals surface area (Å²) >= 11 is 0. The minimum Gasteiger partial charge on any atom is -0.485 e. The lowest BCUT2D eigenvalue weighted by atomic mass is 10.2. The van der Waals surface area contributed by atoms with Crippen LogP contribution in [0.5, 0.6) is 5.75 Å². The summed E-state index contributed by atoms with van der Waals surface area (Å²) in [7, 11) is 0. The highest BCUT2D eigenvalue weighted by Gasteiger charge is 2.07. The number of ether oxygens (including phenoxy) is 1. The highest BCUT2D eigenvalue weighted by molar-refractivity contribution is 5.33. The molecule has 1 aromatic carbocycles. The van der Waals surface area contributed by atoms with E-state index in [0.29, 0.717) is 23.7 Å². The Kier molecular flexibility index (Phi) is 3.88. The van der Waals surface area contributed by atoms with E-state index in [1.54, 1.807) is 4.68 Å². The predicted molar refractivity (Wildman–Crippen MR) is 62.4 cm³/mol. The zero-order chi connectivity index (χ0) is 13.0. The molecule has 0 atom stereocenters. The lowest BCUT2D eigenvalue weighted by Crippen LogP contribution is -2.08. The molecule has 96 valence electrons. The predicted octanol–water partition coefficient (Wildman–Crippen LogP) is 1.51. The van der Waals surface area contributed by atoms with E-state index in [1.165, 1.54) is 24.5 Å². The Morgan fingerprint density at radius 3 is 3.00 bits per heavy atom. The lowest BCUT2D eigenvalue weighted by molar-refractivity contribution is 0.252. The van der Waals surface area contributed by atoms with Crippen LogP contribution < -0.4 is 4.74 Å². The van der Waals surface area contributed by atoms with Crippen molar-refractivity contribution in [1.82, 2.24) is 14.8 Å². The summed E-state index contributed by atoms with van der Waals surface area (Å²) in [6.07, 6.45) is 1.46. The summed E-state index contributed by atoms with van der Waals surface area (Å²) in [5, 5.41) is 13.1. The van der Waals surface area contributed by atoms with Crippen LogP contribution in [0.4, 0.5) is 4.39 Å². The van der Waals surface area contributed by atoms with Gasteiger partial charge in [0.15, 0.2) is 5.82 Å². The molecule has 0 fully saturated rings. The van der Waals surface area contributed by atoms with Crippen LogP contribution in [0.2, 0.25) is 0 Å². The van der Waals surface area contributed by atoms with Gasteiger partial charge < -0.3 is 9.84 Å². The molecule has 0 aliphatic carbocycles. The van der Waals surface area contributed by atoms with Crippen molar-refractivity contribution in [3.63, 3.8) is 0 Å². The number of aryl methyl sites for hydroxylation is 1. The Hall–Kier alpha value is -1.95. The van der Waals surface area contributed by atoms with Gasteiger partial charge in [-0.15, -0.1) is 0 Å². The van der Waals surface area contributed by atoms with Crippen LogP contribution in [0, 0.1) is 5.82 Å². The molecule has 0 spiro atoms. The zero-order valence-corrected chi connectivity index (χ0v) is 10.0. The van der Waals surface area contributed by atoms with Crippen LogP contribution in [0.1, 0.15) is 18.3 Å². The molecule has 0 saturated carbocycles. The van der Waals surface area contributed by atoms with Crippen molar-refractivity contribution in [3.05, 3.63) is 41.7 Å². The highest BCUT2D eigenvalue weighted by atomic mass is 19.1. The summed E-state index contributed by atoms with van der Waals surface area (Å²) in [4.78, 5) is 4.07. The van der Waals surface area contributed by atoms with E-state index in [2.05, 4.69) is 10.1 Å². The molecule has 0 amide bonds. The Morgan fingerprint density at radius 2 is 2.28 bits per heavy atom. The second kappa shape index (κ2) is 5.59. The molecule has 0 aliphatic heterocycles. The van der Waals surface area contributed by atoms with Crippen molar-refractivity contribution in [2.24, 2.45) is 0 Å². The Bertz CT molecular complexity index is 528. The first-order chi connectivity index (χ1) is 8.74. The maximum absolute atomic E-state index is 13.0. The summed E-state index contributed by atoms with van der Waals surface area (Å²) in [6, 6.07) is 4.03. The third-order valence-electron chi connectivity index (χ3n) is 2.54. The van der Waals surface area contributed by atoms with Gasteiger partial charge in [-0.1, -0.05) is 0 Å². The fourth-order valence-corrected chi connectivity index (χ4v) is 1.62. The number of nitrogens with zero attached hydrogens (tertiary/aromatic N) is 3. The summed E-state index contributed by atoms with van der Waals surface area (Å²) < 4.78 is 20.2. The van der Waals surface area contributed by atoms with Gasteiger partial charge in [0, 0.05) is 12.1 Å². The Morgan fingerprint density at radius 1 is 1.44 bits per heavy atom. The highest BCUT2D eigenvalue weighted by Crippen LogP contribution is 2.20. The quantitative estimate of drug-likeness (QED) is 0.875. The fourth-order valence-electron chi connectivity index (χ4n) is 1.62. The van der Waals surface area contributed by atoms with Crippen molar-refractivity contribution in [2.45, 2.75) is 26.7 Å². The second-order valence-corrected chi connectivity index (χ2v) is 3.69. The maximum atomic E-state index is 13.0. The van der Waals surface area contributed by atoms with Crippen molar-refractivity contribution in [1.29, 1.82) is 0 Å². The van der Waals surface area contributed by atoms with Gasteiger partial charge in [-0.25, -0.2) is 14.1 Å². The number of hydrogen-bond acceptors (Lipinski definition) is 4. The largest absolute Gasteiger partial charge is 0.485 e. The van der Waals surface area contributed by atoms with Gasteiger partial charge in [-0.05, 0) is 25.1 Å². The lowest BCUT2D eigenvalue weighted by Gasteiger charge is -2.10. The molecule has 1 aromatic heterocycles. The summed E-state index contributed by atoms with van der Waals surface area (Å²) in [6.45, 7) is 2.62. The van der Waals surface area contributed by atoms with Crippen LogP contribution in [0.25, 0.3) is 0 Å². The van der Waals surface area contributed by atoms with E-state index in [0.717, 1.165) is 0 Å². The van der Waals surface area contributed by atoms with Crippen LogP contribution in [-0.4, -0.2) is 19.9 Å². The summed E-state index contributed by atoms with van der Waals surface area (Å²) in [5.41, 5.74) is 0.414. The number of benzene rings is 1. The minimum atomic E-state index is -0.400. The number of hydrogen-bond donors (Lipinski definition) is 1. The Labute approximate surface area is 104 Å². The van der Waals surface area contributed by atoms with Crippen molar-refractivity contribution in [3.8, 4) is 5.75 Å². The van der Waals surface area contributed by atoms with Crippen molar-refractivity contribution in [2.75, 3.05) is 0 Å². The molecule has 0 bridgehead atoms. The van der Waals surface area contributed by atoms with Crippen LogP contribution in [0.15, 0.2) is 24.5 Å². The number of aliphatic hydroxyl groups excluding tert-OH is 1. The van der Waals surface area contributed by atoms with Crippen molar-refractivity contribution < 1.29 is 14.2 Å². The molecule has 2 rings (SSSR count). The molecular formula is C12H14FN3O2. The molecule has 18 heavy (non-hydrogen) atoms. The average Bonchev–Trinajstić information content (AvgIpc) is 2.84. The smallest absolute Gasteiger partial charge is 0.164 e. The molecule has 1 heterocycles. The first kappa shape index (κ1) is 12.5. The average molecular weight is 251 g/mol. The van der Waals surface area contributed by atoms with E-state index >= 15 is 0 Å². The van der Waals surface area contributed by atoms with Crippen LogP contribution >= 0.6 is 0 Å². The van der Waals surface area contributed by atoms with Gasteiger partial charge in [0.05, 0.1) is 6.61 Å². The minimum absolute atomic E-state index is 0.229. The maximum Gasteiger partial charge on any atom is 0.164 e. The third kappa shape index (κ3) is 2.65. The number of halogens is 1. The molecule has 6 heteroatoms. The normalized spacial score (nSPS) is 10.6. The molecule has 5 nitrogen and oxygen atoms in total. The van der Waals surface area contributed by atoms with E-state index in [4.69, 9.17) is 9.84 Å². The molecule has 1 N–H and O–H groups in total. The topological polar surface area (TPSA) is 60.2 Å². The fraction of sp³-hybridized carbons (Fsp3) is 0.333. The van der Waals surface area contributed by atoms with E-state index in [9.17, 15) is 4.39 Å². The van der Waals surface area contributed by atoms with E-state index < -0.39 is 5.82 Å². The molecule has 2 aromatic rings. The molecule has 0 unspecified atom stereocenters. The van der Waals surface area contributed by atoms with E-state index in [1.807, 2.05) is 6.92 Å². The van der Waals surface area contributed by atoms with Gasteiger partial charge in [0.2, 0.25) is 0 Å². The zero-order valence-electron chi connectivity index (χ0n) is 10.0. The molecule has 0 radical (unpaired) electrons. The first-order valence-electron chi connectivity index (χ1n) is 5.63. The van der Waals surface area contributed by atoms with Gasteiger partial charge in [0.1, 0.15) is 24.5 Å². The molecule has 0 aliphatic rings. The second-order valence-electron chi connectivity index (χ2n) is 3.69. The third-order valence-corrected chi connectivity index (χ3v) is 2.54.